The maximum absolute atomic E-state index is 12.8. The predicted molar refractivity (Wildman–Crippen MR) is 109 cm³/mol. The van der Waals surface area contributed by atoms with E-state index in [1.807, 2.05) is 32.9 Å². The lowest BCUT2D eigenvalue weighted by atomic mass is 9.66. The molecule has 1 aromatic rings. The van der Waals surface area contributed by atoms with Crippen molar-refractivity contribution >= 4 is 11.8 Å². The average molecular weight is 385 g/mol. The molecule has 2 saturated carbocycles. The van der Waals surface area contributed by atoms with E-state index >= 15 is 0 Å². The second-order valence-corrected chi connectivity index (χ2v) is 9.73. The molecule has 4 heteroatoms. The number of allylic oxidation sites excluding steroid dienone is 1. The van der Waals surface area contributed by atoms with Gasteiger partial charge in [-0.25, -0.2) is 4.79 Å². The number of rotatable bonds is 6. The van der Waals surface area contributed by atoms with E-state index in [4.69, 9.17) is 9.47 Å². The first-order valence-electron chi connectivity index (χ1n) is 10.1. The van der Waals surface area contributed by atoms with Gasteiger partial charge in [-0.15, -0.1) is 6.58 Å². The van der Waals surface area contributed by atoms with E-state index < -0.39 is 17.9 Å². The maximum Gasteiger partial charge on any atom is 0.380 e. The van der Waals surface area contributed by atoms with Gasteiger partial charge in [0.15, 0.2) is 0 Å². The molecule has 3 rings (SSSR count). The number of benzene rings is 1. The molecule has 2 aliphatic rings. The molecule has 0 unspecified atom stereocenters. The first-order chi connectivity index (χ1) is 13.0. The van der Waals surface area contributed by atoms with Crippen LogP contribution in [0, 0.1) is 16.7 Å². The molecule has 0 aliphatic heterocycles. The molecule has 0 N–H and O–H groups in total. The van der Waals surface area contributed by atoms with Crippen LogP contribution in [-0.2, 0) is 14.3 Å². The number of ether oxygens (including phenoxy) is 2. The first kappa shape index (κ1) is 20.8. The van der Waals surface area contributed by atoms with Gasteiger partial charge in [0, 0.05) is 11.0 Å². The normalized spacial score (nSPS) is 30.8. The Labute approximate surface area is 168 Å². The summed E-state index contributed by atoms with van der Waals surface area (Å²) in [6.07, 6.45) is 3.93. The topological polar surface area (TPSA) is 52.6 Å². The molecule has 2 aliphatic carbocycles. The van der Waals surface area contributed by atoms with Gasteiger partial charge in [-0.3, -0.25) is 4.79 Å². The van der Waals surface area contributed by atoms with Crippen molar-refractivity contribution in [2.75, 3.05) is 0 Å². The van der Waals surface area contributed by atoms with Crippen LogP contribution in [0.15, 0.2) is 43.0 Å². The minimum absolute atomic E-state index is 0.0716. The van der Waals surface area contributed by atoms with Crippen LogP contribution in [0.4, 0.5) is 0 Å². The highest BCUT2D eigenvalue weighted by Gasteiger charge is 2.70. The molecule has 28 heavy (non-hydrogen) atoms. The van der Waals surface area contributed by atoms with Gasteiger partial charge in [0.2, 0.25) is 0 Å². The average Bonchev–Trinajstić information content (AvgIpc) is 2.96. The molecule has 0 spiro atoms. The van der Waals surface area contributed by atoms with Crippen LogP contribution in [0.1, 0.15) is 64.2 Å². The molecular formula is C24H32O4. The summed E-state index contributed by atoms with van der Waals surface area (Å²) in [5.41, 5.74) is -0.352. The second kappa shape index (κ2) is 7.14. The quantitative estimate of drug-likeness (QED) is 0.300. The summed E-state index contributed by atoms with van der Waals surface area (Å²) in [6, 6.07) is 8.57. The highest BCUT2D eigenvalue weighted by molar-refractivity contribution is 6.40. The fourth-order valence-electron chi connectivity index (χ4n) is 5.42. The predicted octanol–water partition coefficient (Wildman–Crippen LogP) is 4.98. The van der Waals surface area contributed by atoms with E-state index in [-0.39, 0.29) is 28.5 Å². The monoisotopic (exact) mass is 384 g/mol. The Hall–Kier alpha value is -1.94. The Morgan fingerprint density at radius 3 is 2.43 bits per heavy atom. The molecule has 4 atom stereocenters. The Morgan fingerprint density at radius 2 is 1.86 bits per heavy atom. The molecule has 4 nitrogen and oxygen atoms in total. The third kappa shape index (κ3) is 3.32. The van der Waals surface area contributed by atoms with Gasteiger partial charge in [0.25, 0.3) is 5.78 Å². The van der Waals surface area contributed by atoms with Gasteiger partial charge >= 0.3 is 5.97 Å². The number of hydrogen-bond acceptors (Lipinski definition) is 4. The van der Waals surface area contributed by atoms with E-state index in [0.717, 1.165) is 19.3 Å². The molecule has 0 saturated heterocycles. The fourth-order valence-corrected chi connectivity index (χ4v) is 5.42. The van der Waals surface area contributed by atoms with Crippen LogP contribution in [0.2, 0.25) is 0 Å². The standard InChI is InChI=1S/C24H32O4/c1-7-14-24-15-13-17(23(24,5)6)19(28-22(2,3)4)20(24)27-21(26)18(25)16-11-9-8-10-12-16/h7-12,17,19-20H,1,13-15H2,2-6H3/t17-,19-,20-,24+/m1/s1. The molecular weight excluding hydrogens is 352 g/mol. The van der Waals surface area contributed by atoms with Crippen molar-refractivity contribution in [3.63, 3.8) is 0 Å². The summed E-state index contributed by atoms with van der Waals surface area (Å²) < 4.78 is 12.4. The van der Waals surface area contributed by atoms with Gasteiger partial charge < -0.3 is 9.47 Å². The van der Waals surface area contributed by atoms with E-state index in [2.05, 4.69) is 20.4 Å². The zero-order valence-corrected chi connectivity index (χ0v) is 17.7. The third-order valence-corrected chi connectivity index (χ3v) is 6.80. The lowest BCUT2D eigenvalue weighted by Gasteiger charge is -2.42. The van der Waals surface area contributed by atoms with Gasteiger partial charge in [0.1, 0.15) is 6.10 Å². The molecule has 152 valence electrons. The molecule has 1 aromatic carbocycles. The SMILES string of the molecule is C=CC[C@]12CC[C@H]([C@@H](OC(C)(C)C)[C@H]1OC(=O)C(=O)c1ccccc1)C2(C)C. The van der Waals surface area contributed by atoms with Crippen LogP contribution >= 0.6 is 0 Å². The van der Waals surface area contributed by atoms with Crippen molar-refractivity contribution in [1.82, 2.24) is 0 Å². The molecule has 0 amide bonds. The van der Waals surface area contributed by atoms with Gasteiger partial charge in [-0.2, -0.15) is 0 Å². The number of ketones is 1. The summed E-state index contributed by atoms with van der Waals surface area (Å²) in [6.45, 7) is 14.5. The van der Waals surface area contributed by atoms with Crippen molar-refractivity contribution < 1.29 is 19.1 Å². The third-order valence-electron chi connectivity index (χ3n) is 6.80. The largest absolute Gasteiger partial charge is 0.453 e. The van der Waals surface area contributed by atoms with E-state index in [9.17, 15) is 9.59 Å². The number of hydrogen-bond donors (Lipinski definition) is 0. The summed E-state index contributed by atoms with van der Waals surface area (Å²) in [5, 5.41) is 0. The number of fused-ring (bicyclic) bond motifs is 2. The van der Waals surface area contributed by atoms with Crippen LogP contribution in [-0.4, -0.2) is 29.6 Å². The highest BCUT2D eigenvalue weighted by atomic mass is 16.6. The summed E-state index contributed by atoms with van der Waals surface area (Å²) >= 11 is 0. The molecule has 2 bridgehead atoms. The van der Waals surface area contributed by atoms with Crippen LogP contribution in [0.25, 0.3) is 0 Å². The Morgan fingerprint density at radius 1 is 1.21 bits per heavy atom. The molecule has 0 aromatic heterocycles. The van der Waals surface area contributed by atoms with Gasteiger partial charge in [-0.05, 0) is 51.4 Å². The molecule has 2 fully saturated rings. The zero-order chi connectivity index (χ0) is 20.7. The minimum Gasteiger partial charge on any atom is -0.453 e. The van der Waals surface area contributed by atoms with Crippen molar-refractivity contribution in [2.45, 2.75) is 71.7 Å². The Bertz CT molecular complexity index is 759. The van der Waals surface area contributed by atoms with Crippen molar-refractivity contribution in [2.24, 2.45) is 16.7 Å². The summed E-state index contributed by atoms with van der Waals surface area (Å²) in [7, 11) is 0. The number of Topliss-reactive ketones (excluding diaryl/α,β-unsaturated/α-hetero) is 1. The molecule has 0 radical (unpaired) electrons. The minimum atomic E-state index is -0.800. The van der Waals surface area contributed by atoms with Crippen LogP contribution in [0.5, 0.6) is 0 Å². The van der Waals surface area contributed by atoms with E-state index in [0.29, 0.717) is 5.56 Å². The zero-order valence-electron chi connectivity index (χ0n) is 17.7. The number of carbonyl (C=O) groups excluding carboxylic acids is 2. The van der Waals surface area contributed by atoms with Crippen LogP contribution in [0.3, 0.4) is 0 Å². The van der Waals surface area contributed by atoms with Crippen molar-refractivity contribution in [1.29, 1.82) is 0 Å². The smallest absolute Gasteiger partial charge is 0.380 e. The lowest BCUT2D eigenvalue weighted by Crippen LogP contribution is -2.48. The number of carbonyl (C=O) groups is 2. The number of esters is 1. The van der Waals surface area contributed by atoms with Crippen LogP contribution < -0.4 is 0 Å². The lowest BCUT2D eigenvalue weighted by molar-refractivity contribution is -0.178. The van der Waals surface area contributed by atoms with Gasteiger partial charge in [-0.1, -0.05) is 50.3 Å². The first-order valence-corrected chi connectivity index (χ1v) is 10.1. The van der Waals surface area contributed by atoms with E-state index in [1.165, 1.54) is 0 Å². The Balaban J connectivity index is 1.93. The Kier molecular flexibility index (Phi) is 5.30. The molecule has 0 heterocycles. The summed E-state index contributed by atoms with van der Waals surface area (Å²) in [5.74, 6) is -1.13. The maximum atomic E-state index is 12.8. The van der Waals surface area contributed by atoms with Gasteiger partial charge in [0.05, 0.1) is 11.7 Å². The fraction of sp³-hybridized carbons (Fsp3) is 0.583. The van der Waals surface area contributed by atoms with E-state index in [1.54, 1.807) is 24.3 Å². The van der Waals surface area contributed by atoms with Crippen molar-refractivity contribution in [3.05, 3.63) is 48.6 Å². The second-order valence-electron chi connectivity index (χ2n) is 9.73. The van der Waals surface area contributed by atoms with Crippen molar-refractivity contribution in [3.8, 4) is 0 Å². The summed E-state index contributed by atoms with van der Waals surface area (Å²) in [4.78, 5) is 25.4. The highest BCUT2D eigenvalue weighted by Crippen LogP contribution is 2.69.